The maximum absolute atomic E-state index is 6.71. The third kappa shape index (κ3) is 3.25. The summed E-state index contributed by atoms with van der Waals surface area (Å²) in [6.07, 6.45) is 7.19. The number of benzene rings is 6. The van der Waals surface area contributed by atoms with Crippen molar-refractivity contribution in [2.75, 3.05) is 0 Å². The van der Waals surface area contributed by atoms with Gasteiger partial charge in [0.15, 0.2) is 0 Å². The van der Waals surface area contributed by atoms with Gasteiger partial charge in [-0.3, -0.25) is 0 Å². The summed E-state index contributed by atoms with van der Waals surface area (Å²) >= 11 is 0. The summed E-state index contributed by atoms with van der Waals surface area (Å²) in [6.45, 7) is 8.53. The lowest BCUT2D eigenvalue weighted by molar-refractivity contribution is 0.00578. The highest BCUT2D eigenvalue weighted by atomic mass is 16.7. The molecule has 0 aromatic heterocycles. The molecule has 220 valence electrons. The number of hydrogen-bond acceptors (Lipinski definition) is 2. The molecule has 0 unspecified atom stereocenters. The molecule has 0 N–H and O–H groups in total. The molecule has 6 aromatic carbocycles. The standard InChI is InChI=1S/C43H33BO2/c1-41(2)42(3,4)46-44(45-41)28-22-27-21-26-23-36-31-15-7-5-13-29(31)30-14-6-8-16-32(30)37(36)24-35(26)40(27)43(25-28)38-19-11-9-17-33(38)34-18-10-12-20-39(34)43/h5-25H,1-4H3. The van der Waals surface area contributed by atoms with Crippen molar-refractivity contribution in [2.24, 2.45) is 0 Å². The molecule has 46 heavy (non-hydrogen) atoms. The van der Waals surface area contributed by atoms with E-state index in [0.717, 1.165) is 5.47 Å². The van der Waals surface area contributed by atoms with Gasteiger partial charge in [0.25, 0.3) is 0 Å². The van der Waals surface area contributed by atoms with E-state index in [9.17, 15) is 0 Å². The quantitative estimate of drug-likeness (QED) is 0.141. The third-order valence-corrected chi connectivity index (χ3v) is 11.4. The van der Waals surface area contributed by atoms with E-state index in [4.69, 9.17) is 9.31 Å². The van der Waals surface area contributed by atoms with E-state index in [1.54, 1.807) is 0 Å². The fourth-order valence-electron chi connectivity index (χ4n) is 8.61. The average molecular weight is 593 g/mol. The smallest absolute Gasteiger partial charge is 0.399 e. The van der Waals surface area contributed by atoms with E-state index < -0.39 is 23.7 Å². The summed E-state index contributed by atoms with van der Waals surface area (Å²) in [5.41, 5.74) is 7.53. The molecule has 0 radical (unpaired) electrons. The van der Waals surface area contributed by atoms with Crippen LogP contribution in [-0.2, 0) is 14.7 Å². The van der Waals surface area contributed by atoms with Crippen LogP contribution in [0.15, 0.2) is 132 Å². The third-order valence-electron chi connectivity index (χ3n) is 11.4. The van der Waals surface area contributed by atoms with Crippen LogP contribution in [0.1, 0.15) is 38.8 Å². The summed E-state index contributed by atoms with van der Waals surface area (Å²) < 4.78 is 13.4. The first kappa shape index (κ1) is 26.5. The van der Waals surface area contributed by atoms with Gasteiger partial charge < -0.3 is 9.31 Å². The molecule has 0 atom stereocenters. The molecular formula is C43H33BO2. The van der Waals surface area contributed by atoms with Crippen LogP contribution < -0.4 is 10.4 Å². The molecule has 1 aliphatic heterocycles. The van der Waals surface area contributed by atoms with Gasteiger partial charge in [0.1, 0.15) is 0 Å². The number of fused-ring (bicyclic) bond motifs is 14. The average Bonchev–Trinajstić information content (AvgIpc) is 3.65. The van der Waals surface area contributed by atoms with Crippen LogP contribution in [0.3, 0.4) is 0 Å². The predicted molar refractivity (Wildman–Crippen MR) is 191 cm³/mol. The van der Waals surface area contributed by atoms with Crippen LogP contribution in [0, 0.1) is 0 Å². The summed E-state index contributed by atoms with van der Waals surface area (Å²) in [4.78, 5) is 0. The van der Waals surface area contributed by atoms with Crippen LogP contribution in [0.5, 0.6) is 0 Å². The maximum Gasteiger partial charge on any atom is 0.494 e. The van der Waals surface area contributed by atoms with Crippen LogP contribution >= 0.6 is 0 Å². The second kappa shape index (κ2) is 8.76. The summed E-state index contributed by atoms with van der Waals surface area (Å²) in [6, 6.07) is 40.5. The monoisotopic (exact) mass is 592 g/mol. The molecule has 6 aromatic rings. The van der Waals surface area contributed by atoms with Crippen molar-refractivity contribution in [1.82, 2.24) is 0 Å². The molecule has 2 nitrogen and oxygen atoms in total. The zero-order valence-corrected chi connectivity index (χ0v) is 26.5. The second-order valence-electron chi connectivity index (χ2n) is 14.3. The summed E-state index contributed by atoms with van der Waals surface area (Å²) in [5, 5.41) is 10.3. The molecule has 0 saturated carbocycles. The van der Waals surface area contributed by atoms with Crippen molar-refractivity contribution in [2.45, 2.75) is 44.3 Å². The van der Waals surface area contributed by atoms with Crippen LogP contribution in [-0.4, -0.2) is 18.3 Å². The minimum Gasteiger partial charge on any atom is -0.399 e. The van der Waals surface area contributed by atoms with Crippen molar-refractivity contribution in [3.63, 3.8) is 0 Å². The Labute approximate surface area is 269 Å². The lowest BCUT2D eigenvalue weighted by Crippen LogP contribution is -2.41. The van der Waals surface area contributed by atoms with E-state index in [1.807, 2.05) is 0 Å². The van der Waals surface area contributed by atoms with Gasteiger partial charge in [0.05, 0.1) is 16.6 Å². The van der Waals surface area contributed by atoms with Crippen molar-refractivity contribution < 1.29 is 9.31 Å². The lowest BCUT2D eigenvalue weighted by Gasteiger charge is -2.36. The van der Waals surface area contributed by atoms with Gasteiger partial charge >= 0.3 is 7.12 Å². The Morgan fingerprint density at radius 3 is 1.57 bits per heavy atom. The van der Waals surface area contributed by atoms with Crippen molar-refractivity contribution in [3.05, 3.63) is 154 Å². The molecule has 3 aliphatic carbocycles. The highest BCUT2D eigenvalue weighted by Gasteiger charge is 2.55. The van der Waals surface area contributed by atoms with Crippen molar-refractivity contribution in [3.8, 4) is 11.1 Å². The fraction of sp³-hybridized carbons (Fsp3) is 0.163. The van der Waals surface area contributed by atoms with Gasteiger partial charge in [0.2, 0.25) is 0 Å². The van der Waals surface area contributed by atoms with E-state index in [0.29, 0.717) is 0 Å². The molecule has 0 bridgehead atoms. The highest BCUT2D eigenvalue weighted by molar-refractivity contribution is 6.56. The Balaban J connectivity index is 1.36. The molecule has 3 heteroatoms. The summed E-state index contributed by atoms with van der Waals surface area (Å²) in [5.74, 6) is 0. The lowest BCUT2D eigenvalue weighted by atomic mass is 9.61. The number of hydrogen-bond donors (Lipinski definition) is 0. The molecule has 1 spiro atoms. The minimum atomic E-state index is -0.488. The molecule has 0 amide bonds. The molecular weight excluding hydrogens is 559 g/mol. The Kier molecular flexibility index (Phi) is 5.05. The van der Waals surface area contributed by atoms with Crippen LogP contribution in [0.25, 0.3) is 55.1 Å². The molecule has 10 rings (SSSR count). The first-order chi connectivity index (χ1) is 22.3. The van der Waals surface area contributed by atoms with Gasteiger partial charge in [-0.05, 0) is 128 Å². The van der Waals surface area contributed by atoms with E-state index in [2.05, 4.69) is 155 Å². The van der Waals surface area contributed by atoms with E-state index in [1.165, 1.54) is 76.2 Å². The Bertz CT molecular complexity index is 2490. The van der Waals surface area contributed by atoms with Crippen molar-refractivity contribution in [1.29, 1.82) is 0 Å². The molecule has 1 heterocycles. The zero-order chi connectivity index (χ0) is 31.0. The van der Waals surface area contributed by atoms with E-state index >= 15 is 0 Å². The highest BCUT2D eigenvalue weighted by Crippen LogP contribution is 2.58. The second-order valence-corrected chi connectivity index (χ2v) is 14.3. The van der Waals surface area contributed by atoms with Crippen molar-refractivity contribution >= 4 is 51.1 Å². The van der Waals surface area contributed by atoms with Gasteiger partial charge in [-0.1, -0.05) is 109 Å². The Morgan fingerprint density at radius 2 is 1.00 bits per heavy atom. The maximum atomic E-state index is 6.71. The molecule has 1 saturated heterocycles. The molecule has 1 fully saturated rings. The topological polar surface area (TPSA) is 18.5 Å². The molecule has 4 aliphatic rings. The SMILES string of the molecule is CC1(C)OB(C2=CC3(C4=c5cc6c7ccccc7c7ccccc7c6cc5=CC4=C2)c2ccccc2-c2ccccc23)OC1(C)C. The van der Waals surface area contributed by atoms with Gasteiger partial charge in [-0.2, -0.15) is 0 Å². The van der Waals surface area contributed by atoms with Gasteiger partial charge in [-0.15, -0.1) is 0 Å². The summed E-state index contributed by atoms with van der Waals surface area (Å²) in [7, 11) is -0.458. The fourth-order valence-corrected chi connectivity index (χ4v) is 8.61. The van der Waals surface area contributed by atoms with Gasteiger partial charge in [0, 0.05) is 0 Å². The van der Waals surface area contributed by atoms with Crippen LogP contribution in [0.4, 0.5) is 0 Å². The van der Waals surface area contributed by atoms with E-state index in [-0.39, 0.29) is 0 Å². The Hall–Kier alpha value is -4.70. The normalized spacial score (nSPS) is 19.6. The van der Waals surface area contributed by atoms with Gasteiger partial charge in [-0.25, -0.2) is 0 Å². The first-order valence-corrected chi connectivity index (χ1v) is 16.4. The Morgan fingerprint density at radius 1 is 0.522 bits per heavy atom. The largest absolute Gasteiger partial charge is 0.494 e. The van der Waals surface area contributed by atoms with Crippen LogP contribution in [0.2, 0.25) is 0 Å². The first-order valence-electron chi connectivity index (χ1n) is 16.4. The predicted octanol–water partition coefficient (Wildman–Crippen LogP) is 8.56. The zero-order valence-electron chi connectivity index (χ0n) is 26.5. The minimum absolute atomic E-state index is 0.429. The number of allylic oxidation sites excluding steroid dienone is 4. The number of rotatable bonds is 1.